The van der Waals surface area contributed by atoms with Gasteiger partial charge < -0.3 is 9.88 Å². The van der Waals surface area contributed by atoms with E-state index < -0.39 is 0 Å². The second-order valence-corrected chi connectivity index (χ2v) is 5.30. The maximum absolute atomic E-state index is 4.58. The van der Waals surface area contributed by atoms with Gasteiger partial charge in [0.15, 0.2) is 0 Å². The molecule has 2 aromatic rings. The Kier molecular flexibility index (Phi) is 4.49. The number of likely N-dealkylation sites (N-methyl/N-ethyl adjacent to an activating group) is 1. The van der Waals surface area contributed by atoms with Gasteiger partial charge >= 0.3 is 0 Å². The van der Waals surface area contributed by atoms with Crippen LogP contribution in [0.25, 0.3) is 0 Å². The molecule has 2 rings (SSSR count). The van der Waals surface area contributed by atoms with Gasteiger partial charge in [0.1, 0.15) is 5.82 Å². The number of aromatic nitrogens is 3. The lowest BCUT2D eigenvalue weighted by Gasteiger charge is -2.16. The summed E-state index contributed by atoms with van der Waals surface area (Å²) in [5, 5.41) is 6.75. The van der Waals surface area contributed by atoms with Gasteiger partial charge in [0, 0.05) is 30.7 Å². The molecule has 0 fully saturated rings. The van der Waals surface area contributed by atoms with Gasteiger partial charge in [-0.1, -0.05) is 6.92 Å². The minimum absolute atomic E-state index is 0.257. The van der Waals surface area contributed by atoms with Crippen molar-refractivity contribution < 1.29 is 0 Å². The Balaban J connectivity index is 2.16. The smallest absolute Gasteiger partial charge is 0.110 e. The van der Waals surface area contributed by atoms with Crippen LogP contribution >= 0.6 is 11.3 Å². The van der Waals surface area contributed by atoms with E-state index in [1.165, 1.54) is 0 Å². The molecule has 0 spiro atoms. The Labute approximate surface area is 112 Å². The molecule has 0 aliphatic rings. The molecular weight excluding hydrogens is 244 g/mol. The molecule has 98 valence electrons. The molecule has 0 amide bonds. The van der Waals surface area contributed by atoms with Gasteiger partial charge in [0.2, 0.25) is 0 Å². The molecule has 0 aliphatic carbocycles. The van der Waals surface area contributed by atoms with E-state index in [2.05, 4.69) is 39.1 Å². The van der Waals surface area contributed by atoms with E-state index in [1.807, 2.05) is 19.3 Å². The summed E-state index contributed by atoms with van der Waals surface area (Å²) in [5.74, 6) is 1.12. The number of hydrogen-bond acceptors (Lipinski definition) is 4. The van der Waals surface area contributed by atoms with Gasteiger partial charge in [-0.2, -0.15) is 0 Å². The molecule has 1 unspecified atom stereocenters. The number of nitrogens with one attached hydrogen (secondary N) is 1. The SMILES string of the molecule is CCNC(Cc1nccn1CC)c1csc(C)n1. The Morgan fingerprint density at radius 2 is 2.28 bits per heavy atom. The average molecular weight is 264 g/mol. The number of thiazole rings is 1. The van der Waals surface area contributed by atoms with E-state index in [1.54, 1.807) is 11.3 Å². The summed E-state index contributed by atoms with van der Waals surface area (Å²) >= 11 is 1.70. The molecule has 2 aromatic heterocycles. The first kappa shape index (κ1) is 13.2. The topological polar surface area (TPSA) is 42.7 Å². The Morgan fingerprint density at radius 3 is 2.89 bits per heavy atom. The molecule has 5 heteroatoms. The lowest BCUT2D eigenvalue weighted by atomic mass is 10.1. The predicted octanol–water partition coefficient (Wildman–Crippen LogP) is 2.56. The molecule has 0 radical (unpaired) electrons. The zero-order valence-corrected chi connectivity index (χ0v) is 12.0. The second-order valence-electron chi connectivity index (χ2n) is 4.24. The highest BCUT2D eigenvalue weighted by atomic mass is 32.1. The molecule has 4 nitrogen and oxygen atoms in total. The van der Waals surface area contributed by atoms with E-state index in [9.17, 15) is 0 Å². The summed E-state index contributed by atoms with van der Waals surface area (Å²) < 4.78 is 2.18. The molecule has 0 aliphatic heterocycles. The Morgan fingerprint density at radius 1 is 1.44 bits per heavy atom. The van der Waals surface area contributed by atoms with Crippen molar-refractivity contribution in [2.24, 2.45) is 0 Å². The molecule has 1 atom stereocenters. The minimum atomic E-state index is 0.257. The zero-order chi connectivity index (χ0) is 13.0. The highest BCUT2D eigenvalue weighted by Gasteiger charge is 2.16. The van der Waals surface area contributed by atoms with Gasteiger partial charge in [-0.15, -0.1) is 11.3 Å². The lowest BCUT2D eigenvalue weighted by molar-refractivity contribution is 0.513. The van der Waals surface area contributed by atoms with Crippen molar-refractivity contribution in [2.45, 2.75) is 39.8 Å². The van der Waals surface area contributed by atoms with Crippen molar-refractivity contribution in [3.05, 3.63) is 34.3 Å². The fourth-order valence-corrected chi connectivity index (χ4v) is 2.73. The fourth-order valence-electron chi connectivity index (χ4n) is 2.07. The van der Waals surface area contributed by atoms with Crippen LogP contribution in [0.1, 0.15) is 36.4 Å². The molecule has 2 heterocycles. The van der Waals surface area contributed by atoms with Crippen molar-refractivity contribution in [1.29, 1.82) is 0 Å². The van der Waals surface area contributed by atoms with Crippen molar-refractivity contribution in [1.82, 2.24) is 19.9 Å². The van der Waals surface area contributed by atoms with Crippen LogP contribution in [0.15, 0.2) is 17.8 Å². The maximum atomic E-state index is 4.58. The average Bonchev–Trinajstić information content (AvgIpc) is 2.97. The van der Waals surface area contributed by atoms with Crippen LogP contribution in [0.5, 0.6) is 0 Å². The molecule has 0 saturated carbocycles. The number of hydrogen-bond donors (Lipinski definition) is 1. The zero-order valence-electron chi connectivity index (χ0n) is 11.2. The molecular formula is C13H20N4S. The number of aryl methyl sites for hydroxylation is 2. The summed E-state index contributed by atoms with van der Waals surface area (Å²) in [6.07, 6.45) is 4.79. The maximum Gasteiger partial charge on any atom is 0.110 e. The van der Waals surface area contributed by atoms with Crippen molar-refractivity contribution >= 4 is 11.3 Å². The Hall–Kier alpha value is -1.20. The van der Waals surface area contributed by atoms with Gasteiger partial charge in [-0.25, -0.2) is 9.97 Å². The summed E-state index contributed by atoms with van der Waals surface area (Å²) in [7, 11) is 0. The van der Waals surface area contributed by atoms with Crippen LogP contribution in [0.2, 0.25) is 0 Å². The third-order valence-electron chi connectivity index (χ3n) is 2.97. The lowest BCUT2D eigenvalue weighted by Crippen LogP contribution is -2.24. The second kappa shape index (κ2) is 6.11. The molecule has 1 N–H and O–H groups in total. The van der Waals surface area contributed by atoms with Crippen LogP contribution in [0, 0.1) is 6.92 Å². The molecule has 0 saturated heterocycles. The molecule has 18 heavy (non-hydrogen) atoms. The standard InChI is InChI=1S/C13H20N4S/c1-4-14-11(12-9-18-10(3)16-12)8-13-15-6-7-17(13)5-2/h6-7,9,11,14H,4-5,8H2,1-3H3. The normalized spacial score (nSPS) is 12.8. The van der Waals surface area contributed by atoms with E-state index >= 15 is 0 Å². The van der Waals surface area contributed by atoms with E-state index in [0.29, 0.717) is 0 Å². The van der Waals surface area contributed by atoms with E-state index in [4.69, 9.17) is 0 Å². The number of imidazole rings is 1. The van der Waals surface area contributed by atoms with Crippen LogP contribution < -0.4 is 5.32 Å². The predicted molar refractivity (Wildman–Crippen MR) is 74.9 cm³/mol. The first-order chi connectivity index (χ1) is 8.74. The van der Waals surface area contributed by atoms with E-state index in [0.717, 1.165) is 36.0 Å². The van der Waals surface area contributed by atoms with Gasteiger partial charge in [0.05, 0.1) is 16.7 Å². The quantitative estimate of drug-likeness (QED) is 0.872. The third-order valence-corrected chi connectivity index (χ3v) is 3.77. The third kappa shape index (κ3) is 2.97. The van der Waals surface area contributed by atoms with Gasteiger partial charge in [0.25, 0.3) is 0 Å². The van der Waals surface area contributed by atoms with Crippen molar-refractivity contribution in [2.75, 3.05) is 6.54 Å². The van der Waals surface area contributed by atoms with Crippen LogP contribution in [-0.2, 0) is 13.0 Å². The fraction of sp³-hybridized carbons (Fsp3) is 0.538. The molecule has 0 aromatic carbocycles. The first-order valence-corrected chi connectivity index (χ1v) is 7.28. The number of rotatable bonds is 6. The summed E-state index contributed by atoms with van der Waals surface area (Å²) in [5.41, 5.74) is 1.13. The number of nitrogens with zero attached hydrogens (tertiary/aromatic N) is 3. The highest BCUT2D eigenvalue weighted by Crippen LogP contribution is 2.20. The largest absolute Gasteiger partial charge is 0.335 e. The van der Waals surface area contributed by atoms with E-state index in [-0.39, 0.29) is 6.04 Å². The first-order valence-electron chi connectivity index (χ1n) is 6.40. The summed E-state index contributed by atoms with van der Waals surface area (Å²) in [6.45, 7) is 8.21. The molecule has 0 bridgehead atoms. The van der Waals surface area contributed by atoms with Crippen LogP contribution in [-0.4, -0.2) is 21.1 Å². The van der Waals surface area contributed by atoms with Crippen molar-refractivity contribution in [3.8, 4) is 0 Å². The van der Waals surface area contributed by atoms with Crippen LogP contribution in [0.4, 0.5) is 0 Å². The summed E-state index contributed by atoms with van der Waals surface area (Å²) in [4.78, 5) is 9.02. The highest BCUT2D eigenvalue weighted by molar-refractivity contribution is 7.09. The van der Waals surface area contributed by atoms with Gasteiger partial charge in [-0.05, 0) is 20.4 Å². The minimum Gasteiger partial charge on any atom is -0.335 e. The van der Waals surface area contributed by atoms with Gasteiger partial charge in [-0.3, -0.25) is 0 Å². The monoisotopic (exact) mass is 264 g/mol. The van der Waals surface area contributed by atoms with Crippen molar-refractivity contribution in [3.63, 3.8) is 0 Å². The summed E-state index contributed by atoms with van der Waals surface area (Å²) in [6, 6.07) is 0.257. The Bertz CT molecular complexity index is 489. The van der Waals surface area contributed by atoms with Crippen LogP contribution in [0.3, 0.4) is 0 Å².